The molecule has 302 valence electrons. The van der Waals surface area contributed by atoms with E-state index in [1.807, 2.05) is 16.8 Å². The number of para-hydroxylation sites is 1. The molecular weight excluding hydrogens is 757 g/mol. The normalized spacial score (nSPS) is 12.0. The van der Waals surface area contributed by atoms with Crippen molar-refractivity contribution in [3.63, 3.8) is 0 Å². The third kappa shape index (κ3) is 7.36. The van der Waals surface area contributed by atoms with Crippen molar-refractivity contribution in [3.05, 3.63) is 224 Å². The zero-order chi connectivity index (χ0) is 42.4. The molecule has 10 rings (SSSR count). The predicted molar refractivity (Wildman–Crippen MR) is 253 cm³/mol. The Kier molecular flexibility index (Phi) is 9.68. The fraction of sp³-hybridized carbons (Fsp3) is 0.123. The standard InChI is InChI=1S/C57H48N4O/c1-56(2,3)46-31-42(40-17-9-6-10-18-40)32-47(35-46)59-29-30-60(39-59)48-33-43(41-19-11-7-12-20-41)34-50(37-48)62-49-25-26-52-51-23-15-16-24-53(51)61(54(52)38-49)55-36-45(27-28-58-55)57(4,5)44-21-13-8-14-22-44/h6-38H,1-5H3. The molecular formula is C57H48N4O. The highest BCUT2D eigenvalue weighted by Crippen LogP contribution is 2.38. The van der Waals surface area contributed by atoms with Gasteiger partial charge in [0.25, 0.3) is 6.33 Å². The van der Waals surface area contributed by atoms with Crippen LogP contribution in [0.5, 0.6) is 11.5 Å². The summed E-state index contributed by atoms with van der Waals surface area (Å²) < 4.78 is 13.3. The van der Waals surface area contributed by atoms with Gasteiger partial charge in [0.05, 0.1) is 22.4 Å². The van der Waals surface area contributed by atoms with Crippen LogP contribution in [0.2, 0.25) is 0 Å². The molecule has 62 heavy (non-hydrogen) atoms. The quantitative estimate of drug-likeness (QED) is 0.108. The highest BCUT2D eigenvalue weighted by Gasteiger charge is 2.25. The first-order valence-electron chi connectivity index (χ1n) is 21.3. The van der Waals surface area contributed by atoms with Crippen molar-refractivity contribution in [2.45, 2.75) is 45.4 Å². The van der Waals surface area contributed by atoms with Gasteiger partial charge in [0, 0.05) is 40.8 Å². The summed E-state index contributed by atoms with van der Waals surface area (Å²) >= 11 is 0. The molecule has 0 bridgehead atoms. The number of benzene rings is 7. The van der Waals surface area contributed by atoms with Gasteiger partial charge in [0.2, 0.25) is 0 Å². The lowest BCUT2D eigenvalue weighted by molar-refractivity contribution is -0.599. The summed E-state index contributed by atoms with van der Waals surface area (Å²) in [4.78, 5) is 4.97. The minimum absolute atomic E-state index is 0.0316. The zero-order valence-electron chi connectivity index (χ0n) is 35.7. The van der Waals surface area contributed by atoms with Gasteiger partial charge in [0.1, 0.15) is 17.3 Å². The summed E-state index contributed by atoms with van der Waals surface area (Å²) in [7, 11) is 0. The summed E-state index contributed by atoms with van der Waals surface area (Å²) in [5.41, 5.74) is 12.1. The Labute approximate surface area is 363 Å². The Morgan fingerprint density at radius 2 is 1.18 bits per heavy atom. The molecule has 0 amide bonds. The maximum atomic E-state index is 6.88. The fourth-order valence-corrected chi connectivity index (χ4v) is 8.51. The van der Waals surface area contributed by atoms with Crippen LogP contribution in [0.25, 0.3) is 61.3 Å². The van der Waals surface area contributed by atoms with Gasteiger partial charge < -0.3 is 4.74 Å². The summed E-state index contributed by atoms with van der Waals surface area (Å²) in [5, 5.41) is 2.30. The van der Waals surface area contributed by atoms with E-state index >= 15 is 0 Å². The molecule has 0 saturated heterocycles. The number of fused-ring (bicyclic) bond motifs is 3. The smallest absolute Gasteiger partial charge is 0.268 e. The monoisotopic (exact) mass is 804 g/mol. The van der Waals surface area contributed by atoms with E-state index < -0.39 is 0 Å². The Morgan fingerprint density at radius 3 is 1.90 bits per heavy atom. The summed E-state index contributed by atoms with van der Waals surface area (Å²) in [6.07, 6.45) is 9.69. The molecule has 0 unspecified atom stereocenters. The number of aromatic nitrogens is 4. The first-order valence-corrected chi connectivity index (χ1v) is 21.3. The number of pyridine rings is 1. The van der Waals surface area contributed by atoms with Gasteiger partial charge in [-0.3, -0.25) is 13.7 Å². The van der Waals surface area contributed by atoms with Crippen molar-refractivity contribution in [2.24, 2.45) is 0 Å². The summed E-state index contributed by atoms with van der Waals surface area (Å²) in [6.45, 7) is 11.3. The number of hydrogen-bond donors (Lipinski definition) is 0. The number of ether oxygens (including phenoxy) is 1. The topological polar surface area (TPSA) is 35.9 Å². The third-order valence-corrected chi connectivity index (χ3v) is 12.1. The van der Waals surface area contributed by atoms with Crippen LogP contribution in [0.4, 0.5) is 0 Å². The fourth-order valence-electron chi connectivity index (χ4n) is 8.51. The third-order valence-electron chi connectivity index (χ3n) is 12.1. The Hall–Kier alpha value is -7.50. The molecule has 10 aromatic rings. The van der Waals surface area contributed by atoms with Crippen LogP contribution in [-0.4, -0.2) is 14.1 Å². The maximum Gasteiger partial charge on any atom is 0.268 e. The van der Waals surface area contributed by atoms with Crippen molar-refractivity contribution < 1.29 is 9.30 Å². The van der Waals surface area contributed by atoms with Crippen LogP contribution < -0.4 is 9.30 Å². The molecule has 5 nitrogen and oxygen atoms in total. The molecule has 5 heteroatoms. The molecule has 3 aromatic heterocycles. The lowest BCUT2D eigenvalue weighted by Gasteiger charge is -2.26. The SMILES string of the molecule is CC(C)(C)c1cc(-c2ccccc2)cc(-[n+]2[c-]n(-c3cc(Oc4ccc5c6ccccc6n(-c6cc(C(C)(C)c7ccccc7)ccn6)c5c4)cc(-c4ccccc4)c3)cc2)c1. The van der Waals surface area contributed by atoms with Crippen LogP contribution in [-0.2, 0) is 10.8 Å². The molecule has 0 aliphatic rings. The van der Waals surface area contributed by atoms with E-state index in [1.165, 1.54) is 27.8 Å². The Bertz CT molecular complexity index is 3210. The maximum absolute atomic E-state index is 6.88. The molecule has 0 saturated carbocycles. The van der Waals surface area contributed by atoms with Crippen LogP contribution in [0.1, 0.15) is 51.3 Å². The Balaban J connectivity index is 1.05. The van der Waals surface area contributed by atoms with Gasteiger partial charge in [-0.1, -0.05) is 150 Å². The van der Waals surface area contributed by atoms with E-state index in [2.05, 4.69) is 238 Å². The van der Waals surface area contributed by atoms with Gasteiger partial charge in [-0.05, 0) is 105 Å². The highest BCUT2D eigenvalue weighted by atomic mass is 16.5. The van der Waals surface area contributed by atoms with Gasteiger partial charge in [-0.15, -0.1) is 0 Å². The van der Waals surface area contributed by atoms with Crippen molar-refractivity contribution in [3.8, 4) is 50.9 Å². The van der Waals surface area contributed by atoms with E-state index in [0.29, 0.717) is 0 Å². The first kappa shape index (κ1) is 38.7. The van der Waals surface area contributed by atoms with Gasteiger partial charge >= 0.3 is 0 Å². The summed E-state index contributed by atoms with van der Waals surface area (Å²) in [6, 6.07) is 64.2. The van der Waals surface area contributed by atoms with Gasteiger partial charge in [0.15, 0.2) is 0 Å². The molecule has 0 fully saturated rings. The minimum atomic E-state index is -0.217. The minimum Gasteiger partial charge on any atom is -0.458 e. The van der Waals surface area contributed by atoms with Crippen molar-refractivity contribution >= 4 is 21.8 Å². The molecule has 0 atom stereocenters. The van der Waals surface area contributed by atoms with Crippen LogP contribution in [0.3, 0.4) is 0 Å². The lowest BCUT2D eigenvalue weighted by atomic mass is 9.78. The number of hydrogen-bond acceptors (Lipinski definition) is 2. The molecule has 0 N–H and O–H groups in total. The van der Waals surface area contributed by atoms with E-state index in [1.54, 1.807) is 0 Å². The number of rotatable bonds is 9. The molecule has 3 heterocycles. The highest BCUT2D eigenvalue weighted by molar-refractivity contribution is 6.09. The van der Waals surface area contributed by atoms with Crippen molar-refractivity contribution in [1.29, 1.82) is 0 Å². The van der Waals surface area contributed by atoms with E-state index in [4.69, 9.17) is 9.72 Å². The average Bonchev–Trinajstić information content (AvgIpc) is 3.93. The predicted octanol–water partition coefficient (Wildman–Crippen LogP) is 13.8. The van der Waals surface area contributed by atoms with E-state index in [-0.39, 0.29) is 10.8 Å². The number of nitrogens with zero attached hydrogens (tertiary/aromatic N) is 4. The lowest BCUT2D eigenvalue weighted by Crippen LogP contribution is -2.29. The van der Waals surface area contributed by atoms with Crippen LogP contribution in [0.15, 0.2) is 201 Å². The van der Waals surface area contributed by atoms with E-state index in [9.17, 15) is 0 Å². The van der Waals surface area contributed by atoms with Crippen molar-refractivity contribution in [2.75, 3.05) is 0 Å². The molecule has 0 spiro atoms. The average molecular weight is 805 g/mol. The molecule has 7 aromatic carbocycles. The zero-order valence-corrected chi connectivity index (χ0v) is 35.7. The summed E-state index contributed by atoms with van der Waals surface area (Å²) in [5.74, 6) is 2.32. The molecule has 0 aliphatic heterocycles. The van der Waals surface area contributed by atoms with Crippen LogP contribution >= 0.6 is 0 Å². The van der Waals surface area contributed by atoms with Crippen LogP contribution in [0, 0.1) is 6.33 Å². The largest absolute Gasteiger partial charge is 0.458 e. The van der Waals surface area contributed by atoms with Gasteiger partial charge in [-0.25, -0.2) is 4.98 Å². The molecule has 0 aliphatic carbocycles. The molecule has 0 radical (unpaired) electrons. The number of imidazole rings is 1. The second kappa shape index (κ2) is 15.5. The van der Waals surface area contributed by atoms with Gasteiger partial charge in [-0.2, -0.15) is 0 Å². The second-order valence-corrected chi connectivity index (χ2v) is 17.6. The van der Waals surface area contributed by atoms with E-state index in [0.717, 1.165) is 61.6 Å². The second-order valence-electron chi connectivity index (χ2n) is 17.6. The Morgan fingerprint density at radius 1 is 0.516 bits per heavy atom. The van der Waals surface area contributed by atoms with Crippen molar-refractivity contribution in [1.82, 2.24) is 14.1 Å². The first-order chi connectivity index (χ1) is 30.1.